The van der Waals surface area contributed by atoms with Gasteiger partial charge in [0, 0.05) is 12.1 Å². The number of amides is 1. The molecule has 0 unspecified atom stereocenters. The van der Waals surface area contributed by atoms with Crippen LogP contribution in [0.2, 0.25) is 0 Å². The van der Waals surface area contributed by atoms with Crippen LogP contribution in [0.4, 0.5) is 5.69 Å². The van der Waals surface area contributed by atoms with Crippen molar-refractivity contribution in [2.75, 3.05) is 13.2 Å². The van der Waals surface area contributed by atoms with Crippen molar-refractivity contribution in [1.82, 2.24) is 5.32 Å². The van der Waals surface area contributed by atoms with Crippen molar-refractivity contribution in [3.8, 4) is 0 Å². The van der Waals surface area contributed by atoms with Crippen molar-refractivity contribution in [3.63, 3.8) is 0 Å². The normalized spacial score (nSPS) is 10.9. The smallest absolute Gasteiger partial charge is 0.325 e. The number of rotatable bonds is 7. The van der Waals surface area contributed by atoms with Gasteiger partial charge in [0.15, 0.2) is 0 Å². The molecule has 8 heteroatoms. The second-order valence-electron chi connectivity index (χ2n) is 5.76. The summed E-state index contributed by atoms with van der Waals surface area (Å²) in [5.41, 5.74) is 0.144. The molecular formula is C15H20N2O6. The quantitative estimate of drug-likeness (QED) is 0.463. The molecule has 0 aromatic heterocycles. The van der Waals surface area contributed by atoms with E-state index in [1.807, 2.05) is 20.8 Å². The highest BCUT2D eigenvalue weighted by Gasteiger charge is 2.14. The van der Waals surface area contributed by atoms with Gasteiger partial charge in [-0.2, -0.15) is 0 Å². The number of nitrogens with zero attached hydrogens (tertiary/aromatic N) is 1. The number of nitrogens with one attached hydrogen (secondary N) is 1. The molecule has 0 aliphatic carbocycles. The van der Waals surface area contributed by atoms with Gasteiger partial charge in [0.25, 0.3) is 5.69 Å². The summed E-state index contributed by atoms with van der Waals surface area (Å²) < 4.78 is 10.2. The van der Waals surface area contributed by atoms with Gasteiger partial charge in [-0.25, -0.2) is 0 Å². The van der Waals surface area contributed by atoms with Crippen LogP contribution in [0.5, 0.6) is 0 Å². The molecule has 0 heterocycles. The van der Waals surface area contributed by atoms with E-state index in [4.69, 9.17) is 9.47 Å². The average Bonchev–Trinajstić information content (AvgIpc) is 2.48. The van der Waals surface area contributed by atoms with Gasteiger partial charge in [0.05, 0.1) is 10.5 Å². The van der Waals surface area contributed by atoms with E-state index in [2.05, 4.69) is 5.32 Å². The Hall–Kier alpha value is -2.48. The maximum absolute atomic E-state index is 11.5. The minimum Gasteiger partial charge on any atom is -0.460 e. The number of benzene rings is 1. The van der Waals surface area contributed by atoms with Gasteiger partial charge in [-0.05, 0) is 38.5 Å². The predicted octanol–water partition coefficient (Wildman–Crippen LogP) is 1.57. The second kappa shape index (κ2) is 8.23. The minimum atomic E-state index is -0.604. The molecule has 0 aliphatic heterocycles. The van der Waals surface area contributed by atoms with Crippen LogP contribution in [-0.2, 0) is 25.7 Å². The Morgan fingerprint density at radius 3 is 2.35 bits per heavy atom. The van der Waals surface area contributed by atoms with Gasteiger partial charge in [-0.15, -0.1) is 0 Å². The summed E-state index contributed by atoms with van der Waals surface area (Å²) >= 11 is 0. The molecule has 1 aromatic carbocycles. The third-order valence-electron chi connectivity index (χ3n) is 2.61. The van der Waals surface area contributed by atoms with E-state index in [1.165, 1.54) is 24.3 Å². The van der Waals surface area contributed by atoms with Crippen LogP contribution in [0.3, 0.4) is 0 Å². The zero-order valence-corrected chi connectivity index (χ0v) is 13.3. The van der Waals surface area contributed by atoms with Crippen LogP contribution in [0.25, 0.3) is 0 Å². The van der Waals surface area contributed by atoms with Crippen LogP contribution in [0.15, 0.2) is 24.3 Å². The summed E-state index contributed by atoms with van der Waals surface area (Å²) in [5.74, 6) is -1.01. The van der Waals surface area contributed by atoms with E-state index in [1.54, 1.807) is 0 Å². The Kier molecular flexibility index (Phi) is 6.65. The average molecular weight is 324 g/mol. The number of ether oxygens (including phenoxy) is 2. The minimum absolute atomic E-state index is 0.0226. The summed E-state index contributed by atoms with van der Waals surface area (Å²) in [5, 5.41) is 12.9. The zero-order valence-electron chi connectivity index (χ0n) is 13.3. The number of carbonyl (C=O) groups is 2. The molecule has 126 valence electrons. The molecule has 1 amide bonds. The summed E-state index contributed by atoms with van der Waals surface area (Å²) in [7, 11) is 0. The molecule has 23 heavy (non-hydrogen) atoms. The highest BCUT2D eigenvalue weighted by molar-refractivity contribution is 5.82. The fraction of sp³-hybridized carbons (Fsp3) is 0.467. The Bertz CT molecular complexity index is 562. The lowest BCUT2D eigenvalue weighted by Gasteiger charge is -2.18. The van der Waals surface area contributed by atoms with Gasteiger partial charge in [-0.3, -0.25) is 19.7 Å². The van der Waals surface area contributed by atoms with E-state index < -0.39 is 22.4 Å². The van der Waals surface area contributed by atoms with Gasteiger partial charge in [0.1, 0.15) is 19.8 Å². The Labute approximate surface area is 133 Å². The van der Waals surface area contributed by atoms with Crippen LogP contribution in [0, 0.1) is 10.1 Å². The molecule has 0 saturated carbocycles. The van der Waals surface area contributed by atoms with Crippen LogP contribution >= 0.6 is 0 Å². The van der Waals surface area contributed by atoms with Gasteiger partial charge in [-0.1, -0.05) is 0 Å². The molecule has 0 fully saturated rings. The first kappa shape index (κ1) is 18.6. The maximum atomic E-state index is 11.5. The molecule has 8 nitrogen and oxygen atoms in total. The fourth-order valence-electron chi connectivity index (χ4n) is 1.43. The third kappa shape index (κ3) is 7.91. The molecule has 1 aromatic rings. The Balaban J connectivity index is 2.29. The molecule has 1 rings (SSSR count). The van der Waals surface area contributed by atoms with Crippen molar-refractivity contribution < 1.29 is 24.0 Å². The van der Waals surface area contributed by atoms with Crippen molar-refractivity contribution in [1.29, 1.82) is 0 Å². The van der Waals surface area contributed by atoms with Crippen LogP contribution in [0.1, 0.15) is 26.3 Å². The SMILES string of the molecule is CC(C)(C)OCC(=O)NCC(=O)OCc1ccc([N+](=O)[O-])cc1. The number of nitro groups is 1. The van der Waals surface area contributed by atoms with Crippen molar-refractivity contribution in [2.45, 2.75) is 33.0 Å². The number of hydrogen-bond donors (Lipinski definition) is 1. The lowest BCUT2D eigenvalue weighted by Crippen LogP contribution is -2.35. The summed E-state index contributed by atoms with van der Waals surface area (Å²) in [6.07, 6.45) is 0. The maximum Gasteiger partial charge on any atom is 0.325 e. The lowest BCUT2D eigenvalue weighted by molar-refractivity contribution is -0.384. The molecular weight excluding hydrogens is 304 g/mol. The topological polar surface area (TPSA) is 108 Å². The van der Waals surface area contributed by atoms with E-state index in [9.17, 15) is 19.7 Å². The first-order valence-corrected chi connectivity index (χ1v) is 6.97. The van der Waals surface area contributed by atoms with Crippen molar-refractivity contribution in [3.05, 3.63) is 39.9 Å². The van der Waals surface area contributed by atoms with Gasteiger partial charge >= 0.3 is 5.97 Å². The number of nitro benzene ring substituents is 1. The van der Waals surface area contributed by atoms with Crippen molar-refractivity contribution in [2.24, 2.45) is 0 Å². The lowest BCUT2D eigenvalue weighted by atomic mass is 10.2. The monoisotopic (exact) mass is 324 g/mol. The number of esters is 1. The standard InChI is InChI=1S/C15H20N2O6/c1-15(2,3)23-10-13(18)16-8-14(19)22-9-11-4-6-12(7-5-11)17(20)21/h4-7H,8-10H2,1-3H3,(H,16,18). The Morgan fingerprint density at radius 2 is 1.83 bits per heavy atom. The number of non-ortho nitro benzene ring substituents is 1. The molecule has 0 aliphatic rings. The van der Waals surface area contributed by atoms with Crippen LogP contribution in [-0.4, -0.2) is 35.6 Å². The van der Waals surface area contributed by atoms with Gasteiger partial charge in [0.2, 0.25) is 5.91 Å². The summed E-state index contributed by atoms with van der Waals surface area (Å²) in [4.78, 5) is 33.0. The van der Waals surface area contributed by atoms with Gasteiger partial charge < -0.3 is 14.8 Å². The summed E-state index contributed by atoms with van der Waals surface area (Å²) in [6.45, 7) is 5.03. The highest BCUT2D eigenvalue weighted by Crippen LogP contribution is 2.12. The first-order valence-electron chi connectivity index (χ1n) is 6.97. The number of hydrogen-bond acceptors (Lipinski definition) is 6. The first-order chi connectivity index (χ1) is 10.7. The van der Waals surface area contributed by atoms with E-state index in [-0.39, 0.29) is 25.4 Å². The fourth-order valence-corrected chi connectivity index (χ4v) is 1.43. The second-order valence-corrected chi connectivity index (χ2v) is 5.76. The van der Waals surface area contributed by atoms with E-state index in [0.29, 0.717) is 5.56 Å². The molecule has 1 N–H and O–H groups in total. The molecule has 0 atom stereocenters. The third-order valence-corrected chi connectivity index (χ3v) is 2.61. The largest absolute Gasteiger partial charge is 0.460 e. The van der Waals surface area contributed by atoms with E-state index in [0.717, 1.165) is 0 Å². The predicted molar refractivity (Wildman–Crippen MR) is 81.6 cm³/mol. The van der Waals surface area contributed by atoms with E-state index >= 15 is 0 Å². The number of carbonyl (C=O) groups excluding carboxylic acids is 2. The molecule has 0 spiro atoms. The molecule has 0 radical (unpaired) electrons. The van der Waals surface area contributed by atoms with Crippen LogP contribution < -0.4 is 5.32 Å². The molecule has 0 saturated heterocycles. The molecule has 0 bridgehead atoms. The zero-order chi connectivity index (χ0) is 17.5. The Morgan fingerprint density at radius 1 is 1.22 bits per heavy atom. The highest BCUT2D eigenvalue weighted by atomic mass is 16.6. The van der Waals surface area contributed by atoms with Crippen molar-refractivity contribution >= 4 is 17.6 Å². The summed E-state index contributed by atoms with van der Waals surface area (Å²) in [6, 6.07) is 5.66.